The molecule has 25 heavy (non-hydrogen) atoms. The van der Waals surface area contributed by atoms with E-state index in [1.165, 1.54) is 0 Å². The quantitative estimate of drug-likeness (QED) is 0.187. The second-order valence-electron chi connectivity index (χ2n) is 4.89. The van der Waals surface area contributed by atoms with E-state index in [4.69, 9.17) is 16.1 Å². The van der Waals surface area contributed by atoms with Crippen LogP contribution in [0.3, 0.4) is 0 Å². The second kappa shape index (κ2) is 10.1. The zero-order chi connectivity index (χ0) is 18.7. The fraction of sp³-hybridized carbons (Fsp3) is 0.0909. The molecule has 0 unspecified atom stereocenters. The first-order chi connectivity index (χ1) is 12.0. The summed E-state index contributed by atoms with van der Waals surface area (Å²) in [4.78, 5) is 11.4. The molecule has 122 valence electrons. The van der Waals surface area contributed by atoms with Gasteiger partial charge >= 0.3 is 11.9 Å². The minimum Gasteiger partial charge on any atom is -0.419 e. The van der Waals surface area contributed by atoms with Crippen LogP contribution in [0.15, 0.2) is 89.7 Å². The summed E-state index contributed by atoms with van der Waals surface area (Å²) in [5.74, 6) is -0.472. The molecule has 0 bridgehead atoms. The average Bonchev–Trinajstić information content (AvgIpc) is 2.58. The van der Waals surface area contributed by atoms with Crippen molar-refractivity contribution in [3.63, 3.8) is 0 Å². The van der Waals surface area contributed by atoms with Crippen molar-refractivity contribution < 1.29 is 14.3 Å². The summed E-state index contributed by atoms with van der Waals surface area (Å²) in [5.41, 5.74) is 14.8. The number of carbonyl (C=O) groups excluding carboxylic acids is 1. The Balaban J connectivity index is 3.11. The lowest BCUT2D eigenvalue weighted by Gasteiger charge is -2.06. The predicted octanol–water partition coefficient (Wildman–Crippen LogP) is 4.82. The third-order valence-corrected chi connectivity index (χ3v) is 2.58. The van der Waals surface area contributed by atoms with Crippen LogP contribution in [-0.2, 0) is 9.53 Å². The zero-order valence-electron chi connectivity index (χ0n) is 14.2. The van der Waals surface area contributed by atoms with Crippen LogP contribution >= 0.6 is 0 Å². The number of hydrogen-bond donors (Lipinski definition) is 0. The Bertz CT molecular complexity index is 893. The number of allylic oxidation sites excluding steroid dienone is 3. The SMILES string of the molecule is [CH+]=C(C=C(C)C)c1ccc(OC(=C=C=C=C=C=C)OC(=O)C=C)cc1. The maximum Gasteiger partial charge on any atom is 0.350 e. The molecule has 0 aromatic heterocycles. The van der Waals surface area contributed by atoms with E-state index in [-0.39, 0.29) is 5.95 Å². The zero-order valence-corrected chi connectivity index (χ0v) is 14.2. The normalized spacial score (nSPS) is 8.20. The van der Waals surface area contributed by atoms with Gasteiger partial charge < -0.3 is 9.47 Å². The van der Waals surface area contributed by atoms with Crippen LogP contribution in [0.25, 0.3) is 5.57 Å². The van der Waals surface area contributed by atoms with Crippen LogP contribution in [-0.4, -0.2) is 5.97 Å². The van der Waals surface area contributed by atoms with Crippen molar-refractivity contribution in [3.05, 3.63) is 102 Å². The van der Waals surface area contributed by atoms with Gasteiger partial charge in [0, 0.05) is 30.5 Å². The molecule has 0 heterocycles. The van der Waals surface area contributed by atoms with Gasteiger partial charge in [-0.05, 0) is 55.3 Å². The van der Waals surface area contributed by atoms with Gasteiger partial charge in [-0.3, -0.25) is 0 Å². The molecule has 0 atom stereocenters. The molecule has 1 aromatic carbocycles. The maximum atomic E-state index is 11.4. The highest BCUT2D eigenvalue weighted by Crippen LogP contribution is 2.21. The second-order valence-corrected chi connectivity index (χ2v) is 4.89. The molecule has 3 heteroatoms. The van der Waals surface area contributed by atoms with Gasteiger partial charge in [-0.2, -0.15) is 0 Å². The van der Waals surface area contributed by atoms with Crippen molar-refractivity contribution in [1.82, 2.24) is 0 Å². The Morgan fingerprint density at radius 1 is 1.16 bits per heavy atom. The molecule has 0 spiro atoms. The summed E-state index contributed by atoms with van der Waals surface area (Å²) in [6.45, 7) is 16.6. The number of benzene rings is 1. The number of rotatable bonds is 6. The molecule has 0 aliphatic carbocycles. The molecule has 1 aromatic rings. The third kappa shape index (κ3) is 7.38. The first-order valence-corrected chi connectivity index (χ1v) is 7.26. The molecular weight excluding hydrogens is 312 g/mol. The predicted molar refractivity (Wildman–Crippen MR) is 97.2 cm³/mol. The molecular formula is C22H17O3+. The van der Waals surface area contributed by atoms with Crippen LogP contribution in [0.5, 0.6) is 5.75 Å². The molecule has 0 aliphatic rings. The highest BCUT2D eigenvalue weighted by atomic mass is 16.7. The average molecular weight is 329 g/mol. The summed E-state index contributed by atoms with van der Waals surface area (Å²) >= 11 is 0. The van der Waals surface area contributed by atoms with Crippen LogP contribution in [0.2, 0.25) is 0 Å². The largest absolute Gasteiger partial charge is 0.419 e. The van der Waals surface area contributed by atoms with Crippen LogP contribution in [0.1, 0.15) is 19.4 Å². The standard InChI is InChI=1S/C22H17O3/c1-6-8-9-10-11-22(25-21(23)7-2)24-20-14-12-19(13-15-20)18(5)16-17(3)4/h5,7,12-16H,1-2H2,3-4H3/q+1. The molecule has 1 rings (SSSR count). The van der Waals surface area contributed by atoms with Crippen LogP contribution in [0, 0.1) is 6.58 Å². The Morgan fingerprint density at radius 2 is 1.84 bits per heavy atom. The van der Waals surface area contributed by atoms with E-state index in [9.17, 15) is 4.79 Å². The van der Waals surface area contributed by atoms with Crippen LogP contribution in [0.4, 0.5) is 0 Å². The van der Waals surface area contributed by atoms with Crippen molar-refractivity contribution in [2.24, 2.45) is 0 Å². The Labute approximate surface area is 147 Å². The molecule has 0 saturated heterocycles. The van der Waals surface area contributed by atoms with Crippen molar-refractivity contribution in [2.45, 2.75) is 13.8 Å². The van der Waals surface area contributed by atoms with Gasteiger partial charge in [-0.15, -0.1) is 0 Å². The monoisotopic (exact) mass is 329 g/mol. The lowest BCUT2D eigenvalue weighted by molar-refractivity contribution is -0.136. The number of esters is 1. The van der Waals surface area contributed by atoms with E-state index in [1.807, 2.05) is 19.9 Å². The highest BCUT2D eigenvalue weighted by molar-refractivity contribution is 5.81. The van der Waals surface area contributed by atoms with Crippen LogP contribution < -0.4 is 4.74 Å². The van der Waals surface area contributed by atoms with Gasteiger partial charge in [-0.25, -0.2) is 4.79 Å². The summed E-state index contributed by atoms with van der Waals surface area (Å²) in [5, 5.41) is 0. The fourth-order valence-corrected chi connectivity index (χ4v) is 1.58. The van der Waals surface area contributed by atoms with Gasteiger partial charge in [0.05, 0.1) is 11.6 Å². The number of carbonyl (C=O) groups is 1. The molecule has 0 N–H and O–H groups in total. The van der Waals surface area contributed by atoms with Gasteiger partial charge in [-0.1, -0.05) is 12.3 Å². The maximum absolute atomic E-state index is 11.4. The van der Waals surface area contributed by atoms with E-state index in [2.05, 4.69) is 41.8 Å². The third-order valence-electron chi connectivity index (χ3n) is 2.58. The molecule has 0 aliphatic heterocycles. The van der Waals surface area contributed by atoms with E-state index >= 15 is 0 Å². The Kier molecular flexibility index (Phi) is 7.81. The number of hydrogen-bond acceptors (Lipinski definition) is 3. The fourth-order valence-electron chi connectivity index (χ4n) is 1.58. The highest BCUT2D eigenvalue weighted by Gasteiger charge is 2.10. The van der Waals surface area contributed by atoms with E-state index in [0.29, 0.717) is 11.3 Å². The summed E-state index contributed by atoms with van der Waals surface area (Å²) < 4.78 is 10.4. The van der Waals surface area contributed by atoms with Crippen molar-refractivity contribution in [1.29, 1.82) is 0 Å². The lowest BCUT2D eigenvalue weighted by atomic mass is 10.1. The molecule has 0 fully saturated rings. The lowest BCUT2D eigenvalue weighted by Crippen LogP contribution is -2.05. The topological polar surface area (TPSA) is 35.5 Å². The van der Waals surface area contributed by atoms with Gasteiger partial charge in [0.1, 0.15) is 5.75 Å². The molecule has 0 saturated carbocycles. The van der Waals surface area contributed by atoms with E-state index < -0.39 is 5.97 Å². The van der Waals surface area contributed by atoms with Crippen molar-refractivity contribution >= 4 is 11.5 Å². The van der Waals surface area contributed by atoms with E-state index in [1.54, 1.807) is 24.3 Å². The van der Waals surface area contributed by atoms with Crippen molar-refractivity contribution in [2.75, 3.05) is 0 Å². The summed E-state index contributed by atoms with van der Waals surface area (Å²) in [7, 11) is 0. The van der Waals surface area contributed by atoms with Gasteiger partial charge in [0.2, 0.25) is 0 Å². The number of ether oxygens (including phenoxy) is 2. The van der Waals surface area contributed by atoms with Crippen molar-refractivity contribution in [3.8, 4) is 5.75 Å². The van der Waals surface area contributed by atoms with Gasteiger partial charge in [0.25, 0.3) is 0 Å². The molecule has 0 radical (unpaired) electrons. The summed E-state index contributed by atoms with van der Waals surface area (Å²) in [6.07, 6.45) is 2.88. The minimum atomic E-state index is -0.690. The molecule has 0 amide bonds. The first kappa shape index (κ1) is 19.3. The minimum absolute atomic E-state index is 0.211. The Hall–Kier alpha value is -3.74. The summed E-state index contributed by atoms with van der Waals surface area (Å²) in [6, 6.07) is 6.95. The first-order valence-electron chi connectivity index (χ1n) is 7.26. The van der Waals surface area contributed by atoms with E-state index in [0.717, 1.165) is 17.2 Å². The Morgan fingerprint density at radius 3 is 2.40 bits per heavy atom. The smallest absolute Gasteiger partial charge is 0.350 e. The van der Waals surface area contributed by atoms with Gasteiger partial charge in [0.15, 0.2) is 5.57 Å². The molecule has 3 nitrogen and oxygen atoms in total.